The van der Waals surface area contributed by atoms with Gasteiger partial charge in [0.15, 0.2) is 5.96 Å². The quantitative estimate of drug-likeness (QED) is 0.328. The van der Waals surface area contributed by atoms with Gasteiger partial charge in [0.05, 0.1) is 13.2 Å². The van der Waals surface area contributed by atoms with Crippen LogP contribution < -0.4 is 5.32 Å². The van der Waals surface area contributed by atoms with Crippen molar-refractivity contribution in [1.82, 2.24) is 10.2 Å². The fourth-order valence-electron chi connectivity index (χ4n) is 1.95. The van der Waals surface area contributed by atoms with Crippen molar-refractivity contribution in [1.29, 1.82) is 0 Å². The van der Waals surface area contributed by atoms with Gasteiger partial charge in [0.1, 0.15) is 0 Å². The molecule has 0 saturated carbocycles. The van der Waals surface area contributed by atoms with E-state index in [1.807, 2.05) is 6.92 Å². The van der Waals surface area contributed by atoms with Crippen molar-refractivity contribution in [2.75, 3.05) is 33.4 Å². The van der Waals surface area contributed by atoms with Gasteiger partial charge in [0, 0.05) is 26.7 Å². The summed E-state index contributed by atoms with van der Waals surface area (Å²) < 4.78 is 5.33. The normalized spacial score (nSPS) is 11.0. The summed E-state index contributed by atoms with van der Waals surface area (Å²) in [4.78, 5) is 6.73. The smallest absolute Gasteiger partial charge is 0.194 e. The van der Waals surface area contributed by atoms with Crippen molar-refractivity contribution in [3.8, 4) is 0 Å². The monoisotopic (exact) mass is 405 g/mol. The van der Waals surface area contributed by atoms with E-state index in [0.29, 0.717) is 13.2 Å². The van der Waals surface area contributed by atoms with Crippen LogP contribution in [0.3, 0.4) is 0 Å². The van der Waals surface area contributed by atoms with Crippen molar-refractivity contribution in [3.05, 3.63) is 35.4 Å². The van der Waals surface area contributed by atoms with Crippen LogP contribution in [0, 0.1) is 6.92 Å². The Labute approximate surface area is 146 Å². The lowest BCUT2D eigenvalue weighted by Crippen LogP contribution is -2.38. The van der Waals surface area contributed by atoms with Crippen molar-refractivity contribution in [2.24, 2.45) is 4.99 Å². The second-order valence-electron chi connectivity index (χ2n) is 4.72. The van der Waals surface area contributed by atoms with E-state index >= 15 is 0 Å². The van der Waals surface area contributed by atoms with Crippen LogP contribution in [0.1, 0.15) is 25.0 Å². The number of guanidine groups is 1. The molecule has 0 saturated heterocycles. The SMILES string of the molecule is CCNC(=NCCOCC)N(C)Cc1ccccc1C.I. The first kappa shape index (κ1) is 20.2. The zero-order valence-electron chi connectivity index (χ0n) is 13.6. The first-order valence-electron chi connectivity index (χ1n) is 7.30. The molecule has 0 atom stereocenters. The summed E-state index contributed by atoms with van der Waals surface area (Å²) in [7, 11) is 2.06. The van der Waals surface area contributed by atoms with Crippen LogP contribution in [0.15, 0.2) is 29.3 Å². The van der Waals surface area contributed by atoms with Gasteiger partial charge in [-0.25, -0.2) is 0 Å². The topological polar surface area (TPSA) is 36.9 Å². The van der Waals surface area contributed by atoms with Gasteiger partial charge in [-0.2, -0.15) is 0 Å². The summed E-state index contributed by atoms with van der Waals surface area (Å²) in [5.74, 6) is 0.926. The summed E-state index contributed by atoms with van der Waals surface area (Å²) in [5.41, 5.74) is 2.63. The van der Waals surface area contributed by atoms with Crippen LogP contribution in [0.25, 0.3) is 0 Å². The number of hydrogen-bond acceptors (Lipinski definition) is 2. The molecule has 0 heterocycles. The van der Waals surface area contributed by atoms with Gasteiger partial charge in [-0.05, 0) is 31.9 Å². The molecule has 0 spiro atoms. The molecule has 1 rings (SSSR count). The second kappa shape index (κ2) is 11.8. The van der Waals surface area contributed by atoms with E-state index < -0.39 is 0 Å². The van der Waals surface area contributed by atoms with Crippen LogP contribution >= 0.6 is 24.0 Å². The van der Waals surface area contributed by atoms with Gasteiger partial charge in [-0.15, -0.1) is 24.0 Å². The number of aryl methyl sites for hydroxylation is 1. The summed E-state index contributed by atoms with van der Waals surface area (Å²) in [6, 6.07) is 8.45. The molecular weight excluding hydrogens is 377 g/mol. The third kappa shape index (κ3) is 7.66. The third-order valence-corrected chi connectivity index (χ3v) is 3.07. The van der Waals surface area contributed by atoms with Crippen LogP contribution in [-0.2, 0) is 11.3 Å². The predicted octanol–water partition coefficient (Wildman–Crippen LogP) is 3.05. The van der Waals surface area contributed by atoms with Gasteiger partial charge in [0.2, 0.25) is 0 Å². The molecule has 0 aromatic heterocycles. The molecule has 1 aromatic rings. The van der Waals surface area contributed by atoms with Crippen LogP contribution in [0.2, 0.25) is 0 Å². The minimum atomic E-state index is 0. The van der Waals surface area contributed by atoms with Crippen LogP contribution in [0.5, 0.6) is 0 Å². The highest BCUT2D eigenvalue weighted by molar-refractivity contribution is 14.0. The molecule has 0 unspecified atom stereocenters. The second-order valence-corrected chi connectivity index (χ2v) is 4.72. The summed E-state index contributed by atoms with van der Waals surface area (Å²) >= 11 is 0. The number of nitrogens with zero attached hydrogens (tertiary/aromatic N) is 2. The largest absolute Gasteiger partial charge is 0.380 e. The van der Waals surface area contributed by atoms with Crippen molar-refractivity contribution < 1.29 is 4.74 Å². The Morgan fingerprint density at radius 2 is 2.00 bits per heavy atom. The summed E-state index contributed by atoms with van der Waals surface area (Å²) in [5, 5.41) is 3.32. The maximum atomic E-state index is 5.33. The number of ether oxygens (including phenoxy) is 1. The predicted molar refractivity (Wildman–Crippen MR) is 101 cm³/mol. The van der Waals surface area contributed by atoms with Crippen molar-refractivity contribution in [3.63, 3.8) is 0 Å². The molecule has 1 N–H and O–H groups in total. The molecule has 0 aliphatic rings. The molecule has 0 aliphatic carbocycles. The number of nitrogens with one attached hydrogen (secondary N) is 1. The molecule has 0 bridgehead atoms. The number of benzene rings is 1. The summed E-state index contributed by atoms with van der Waals surface area (Å²) in [6.45, 7) is 10.0. The highest BCUT2D eigenvalue weighted by Gasteiger charge is 2.07. The van der Waals surface area contributed by atoms with E-state index in [2.05, 4.69) is 60.4 Å². The Morgan fingerprint density at radius 1 is 1.29 bits per heavy atom. The first-order chi connectivity index (χ1) is 9.69. The molecule has 5 heteroatoms. The fourth-order valence-corrected chi connectivity index (χ4v) is 1.95. The molecule has 0 fully saturated rings. The fraction of sp³-hybridized carbons (Fsp3) is 0.562. The van der Waals surface area contributed by atoms with Crippen LogP contribution in [0.4, 0.5) is 0 Å². The van der Waals surface area contributed by atoms with Gasteiger partial charge >= 0.3 is 0 Å². The Bertz CT molecular complexity index is 424. The highest BCUT2D eigenvalue weighted by Crippen LogP contribution is 2.09. The molecular formula is C16H28IN3O. The highest BCUT2D eigenvalue weighted by atomic mass is 127. The Kier molecular flexibility index (Phi) is 11.3. The van der Waals surface area contributed by atoms with Gasteiger partial charge in [-0.1, -0.05) is 24.3 Å². The minimum Gasteiger partial charge on any atom is -0.380 e. The van der Waals surface area contributed by atoms with Gasteiger partial charge in [0.25, 0.3) is 0 Å². The molecule has 1 aromatic carbocycles. The molecule has 0 amide bonds. The first-order valence-corrected chi connectivity index (χ1v) is 7.30. The maximum Gasteiger partial charge on any atom is 0.194 e. The molecule has 120 valence electrons. The van der Waals surface area contributed by atoms with Crippen molar-refractivity contribution >= 4 is 29.9 Å². The number of halogens is 1. The number of rotatable bonds is 7. The number of hydrogen-bond donors (Lipinski definition) is 1. The average molecular weight is 405 g/mol. The lowest BCUT2D eigenvalue weighted by atomic mass is 10.1. The molecule has 0 aliphatic heterocycles. The molecule has 0 radical (unpaired) electrons. The van der Waals surface area contributed by atoms with Gasteiger partial charge < -0.3 is 15.0 Å². The zero-order chi connectivity index (χ0) is 14.8. The third-order valence-electron chi connectivity index (χ3n) is 3.07. The Morgan fingerprint density at radius 3 is 2.62 bits per heavy atom. The van der Waals surface area contributed by atoms with E-state index in [1.165, 1.54) is 11.1 Å². The molecule has 21 heavy (non-hydrogen) atoms. The minimum absolute atomic E-state index is 0. The Hall–Kier alpha value is -0.820. The van der Waals surface area contributed by atoms with Crippen molar-refractivity contribution in [2.45, 2.75) is 27.3 Å². The maximum absolute atomic E-state index is 5.33. The van der Waals surface area contributed by atoms with E-state index in [1.54, 1.807) is 0 Å². The molecule has 4 nitrogen and oxygen atoms in total. The van der Waals surface area contributed by atoms with Crippen LogP contribution in [-0.4, -0.2) is 44.2 Å². The summed E-state index contributed by atoms with van der Waals surface area (Å²) in [6.07, 6.45) is 0. The average Bonchev–Trinajstić information content (AvgIpc) is 2.44. The van der Waals surface area contributed by atoms with E-state index in [9.17, 15) is 0 Å². The van der Waals surface area contributed by atoms with E-state index in [4.69, 9.17) is 4.74 Å². The lowest BCUT2D eigenvalue weighted by Gasteiger charge is -2.23. The zero-order valence-corrected chi connectivity index (χ0v) is 15.9. The van der Waals surface area contributed by atoms with Gasteiger partial charge in [-0.3, -0.25) is 4.99 Å². The van der Waals surface area contributed by atoms with E-state index in [0.717, 1.165) is 25.7 Å². The Balaban J connectivity index is 0.00000400. The standard InChI is InChI=1S/C16H27N3O.HI/c1-5-17-16(18-11-12-20-6-2)19(4)13-15-10-8-7-9-14(15)3;/h7-10H,5-6,11-13H2,1-4H3,(H,17,18);1H. The number of aliphatic imine (C=N–C) groups is 1. The lowest BCUT2D eigenvalue weighted by molar-refractivity contribution is 0.155. The van der Waals surface area contributed by atoms with E-state index in [-0.39, 0.29) is 24.0 Å².